The van der Waals surface area contributed by atoms with Crippen molar-refractivity contribution in [2.75, 3.05) is 19.6 Å². The maximum absolute atomic E-state index is 9.96. The van der Waals surface area contributed by atoms with Gasteiger partial charge in [-0.05, 0) is 26.0 Å². The average molecular weight is 225 g/mol. The highest BCUT2D eigenvalue weighted by Crippen LogP contribution is 2.17. The number of aliphatic hydroxyl groups is 1. The highest BCUT2D eigenvalue weighted by atomic mass is 16.5. The van der Waals surface area contributed by atoms with Crippen LogP contribution in [0.15, 0.2) is 22.8 Å². The van der Waals surface area contributed by atoms with Crippen molar-refractivity contribution in [1.29, 1.82) is 0 Å². The van der Waals surface area contributed by atoms with Gasteiger partial charge in [0, 0.05) is 19.6 Å². The van der Waals surface area contributed by atoms with E-state index in [-0.39, 0.29) is 12.2 Å². The Labute approximate surface area is 95.8 Å². The van der Waals surface area contributed by atoms with Gasteiger partial charge in [-0.25, -0.2) is 0 Å². The second-order valence-electron chi connectivity index (χ2n) is 4.51. The largest absolute Gasteiger partial charge is 0.467 e. The minimum Gasteiger partial charge on any atom is -0.467 e. The second kappa shape index (κ2) is 4.99. The predicted molar refractivity (Wildman–Crippen MR) is 60.1 cm³/mol. The Morgan fingerprint density at radius 3 is 2.69 bits per heavy atom. The van der Waals surface area contributed by atoms with Gasteiger partial charge >= 0.3 is 0 Å². The quantitative estimate of drug-likeness (QED) is 0.845. The van der Waals surface area contributed by atoms with Crippen LogP contribution in [0.2, 0.25) is 0 Å². The highest BCUT2D eigenvalue weighted by molar-refractivity contribution is 5.02. The van der Waals surface area contributed by atoms with E-state index >= 15 is 0 Å². The fourth-order valence-corrected chi connectivity index (χ4v) is 2.25. The molecule has 4 nitrogen and oxygen atoms in total. The number of hydrogen-bond acceptors (Lipinski definition) is 4. The zero-order valence-corrected chi connectivity index (χ0v) is 9.80. The van der Waals surface area contributed by atoms with Crippen LogP contribution in [-0.2, 0) is 4.74 Å². The van der Waals surface area contributed by atoms with Crippen molar-refractivity contribution in [1.82, 2.24) is 4.90 Å². The van der Waals surface area contributed by atoms with Crippen molar-refractivity contribution in [2.45, 2.75) is 32.2 Å². The lowest BCUT2D eigenvalue weighted by Crippen LogP contribution is -2.46. The van der Waals surface area contributed by atoms with E-state index in [0.29, 0.717) is 12.3 Å². The molecule has 1 aliphatic heterocycles. The predicted octanol–water partition coefficient (Wildman–Crippen LogP) is 1.42. The minimum atomic E-state index is -0.549. The van der Waals surface area contributed by atoms with Gasteiger partial charge in [0.05, 0.1) is 18.5 Å². The van der Waals surface area contributed by atoms with Gasteiger partial charge in [-0.1, -0.05) is 0 Å². The molecule has 0 bridgehead atoms. The Morgan fingerprint density at radius 2 is 2.12 bits per heavy atom. The average Bonchev–Trinajstić information content (AvgIpc) is 2.68. The molecule has 4 heteroatoms. The monoisotopic (exact) mass is 225 g/mol. The first-order chi connectivity index (χ1) is 7.65. The summed E-state index contributed by atoms with van der Waals surface area (Å²) in [5, 5.41) is 9.96. The van der Waals surface area contributed by atoms with Crippen molar-refractivity contribution in [3.8, 4) is 0 Å². The molecule has 0 aliphatic carbocycles. The van der Waals surface area contributed by atoms with Crippen LogP contribution in [0.5, 0.6) is 0 Å². The molecule has 1 fully saturated rings. The van der Waals surface area contributed by atoms with Crippen LogP contribution in [0.25, 0.3) is 0 Å². The molecule has 1 saturated heterocycles. The molecule has 1 N–H and O–H groups in total. The Morgan fingerprint density at radius 1 is 1.44 bits per heavy atom. The molecule has 3 unspecified atom stereocenters. The first kappa shape index (κ1) is 11.6. The molecule has 2 heterocycles. The molecule has 1 aromatic rings. The van der Waals surface area contributed by atoms with Crippen molar-refractivity contribution < 1.29 is 14.3 Å². The van der Waals surface area contributed by atoms with Gasteiger partial charge in [-0.15, -0.1) is 0 Å². The summed E-state index contributed by atoms with van der Waals surface area (Å²) in [5.41, 5.74) is 0. The summed E-state index contributed by atoms with van der Waals surface area (Å²) in [5.74, 6) is 0.631. The number of β-amino-alcohol motifs (C(OH)–C–C–N with tert-alkyl or cyclic N) is 1. The first-order valence-corrected chi connectivity index (χ1v) is 5.74. The number of rotatable bonds is 3. The lowest BCUT2D eigenvalue weighted by molar-refractivity contribution is -0.0779. The van der Waals surface area contributed by atoms with Crippen molar-refractivity contribution in [3.63, 3.8) is 0 Å². The Balaban J connectivity index is 1.89. The maximum Gasteiger partial charge on any atom is 0.133 e. The Hall–Kier alpha value is -0.840. The van der Waals surface area contributed by atoms with Crippen molar-refractivity contribution in [3.05, 3.63) is 24.2 Å². The number of furan rings is 1. The molecule has 0 aromatic carbocycles. The summed E-state index contributed by atoms with van der Waals surface area (Å²) in [6.07, 6.45) is 1.50. The second-order valence-corrected chi connectivity index (χ2v) is 4.51. The zero-order valence-electron chi connectivity index (χ0n) is 9.80. The van der Waals surface area contributed by atoms with Crippen LogP contribution < -0.4 is 0 Å². The van der Waals surface area contributed by atoms with Crippen LogP contribution in [-0.4, -0.2) is 41.8 Å². The topological polar surface area (TPSA) is 45.8 Å². The minimum absolute atomic E-state index is 0.229. The SMILES string of the molecule is CC1CN(CC(O)c2ccco2)CC(C)O1. The Bertz CT molecular complexity index is 302. The third-order valence-electron chi connectivity index (χ3n) is 2.80. The number of aliphatic hydroxyl groups excluding tert-OH is 1. The smallest absolute Gasteiger partial charge is 0.133 e. The number of morpholine rings is 1. The van der Waals surface area contributed by atoms with E-state index < -0.39 is 6.10 Å². The lowest BCUT2D eigenvalue weighted by atomic mass is 10.2. The van der Waals surface area contributed by atoms with Gasteiger partial charge < -0.3 is 14.3 Å². The normalized spacial score (nSPS) is 29.2. The number of ether oxygens (including phenoxy) is 1. The van der Waals surface area contributed by atoms with E-state index in [1.54, 1.807) is 18.4 Å². The molecule has 90 valence electrons. The summed E-state index contributed by atoms with van der Waals surface area (Å²) in [6, 6.07) is 3.60. The van der Waals surface area contributed by atoms with E-state index in [1.807, 2.05) is 0 Å². The van der Waals surface area contributed by atoms with Gasteiger partial charge in [0.25, 0.3) is 0 Å². The molecular formula is C12H19NO3. The molecule has 0 radical (unpaired) electrons. The summed E-state index contributed by atoms with van der Waals surface area (Å²) in [6.45, 7) is 6.44. The summed E-state index contributed by atoms with van der Waals surface area (Å²) < 4.78 is 10.8. The van der Waals surface area contributed by atoms with Crippen LogP contribution in [0.4, 0.5) is 0 Å². The van der Waals surface area contributed by atoms with Gasteiger partial charge in [0.1, 0.15) is 11.9 Å². The zero-order chi connectivity index (χ0) is 11.5. The van der Waals surface area contributed by atoms with E-state index in [0.717, 1.165) is 13.1 Å². The van der Waals surface area contributed by atoms with Crippen LogP contribution >= 0.6 is 0 Å². The van der Waals surface area contributed by atoms with Crippen LogP contribution in [0, 0.1) is 0 Å². The molecule has 2 rings (SSSR count). The van der Waals surface area contributed by atoms with Gasteiger partial charge in [0.2, 0.25) is 0 Å². The third kappa shape index (κ3) is 2.84. The molecule has 1 aliphatic rings. The van der Waals surface area contributed by atoms with Crippen LogP contribution in [0.3, 0.4) is 0 Å². The fourth-order valence-electron chi connectivity index (χ4n) is 2.25. The molecule has 3 atom stereocenters. The summed E-state index contributed by atoms with van der Waals surface area (Å²) >= 11 is 0. The van der Waals surface area contributed by atoms with E-state index in [2.05, 4.69) is 18.7 Å². The molecular weight excluding hydrogens is 206 g/mol. The lowest BCUT2D eigenvalue weighted by Gasteiger charge is -2.35. The molecule has 1 aromatic heterocycles. The number of nitrogens with zero attached hydrogens (tertiary/aromatic N) is 1. The van der Waals surface area contributed by atoms with E-state index in [9.17, 15) is 5.11 Å². The fraction of sp³-hybridized carbons (Fsp3) is 0.667. The first-order valence-electron chi connectivity index (χ1n) is 5.74. The van der Waals surface area contributed by atoms with E-state index in [1.165, 1.54) is 0 Å². The molecule has 0 amide bonds. The van der Waals surface area contributed by atoms with Crippen LogP contribution in [0.1, 0.15) is 25.7 Å². The molecule has 0 saturated carbocycles. The maximum atomic E-state index is 9.96. The molecule has 16 heavy (non-hydrogen) atoms. The Kier molecular flexibility index (Phi) is 3.63. The summed E-state index contributed by atoms with van der Waals surface area (Å²) in [7, 11) is 0. The number of hydrogen-bond donors (Lipinski definition) is 1. The highest BCUT2D eigenvalue weighted by Gasteiger charge is 2.24. The van der Waals surface area contributed by atoms with Gasteiger partial charge in [0.15, 0.2) is 0 Å². The van der Waals surface area contributed by atoms with Crippen molar-refractivity contribution >= 4 is 0 Å². The van der Waals surface area contributed by atoms with Gasteiger partial charge in [-0.2, -0.15) is 0 Å². The van der Waals surface area contributed by atoms with Gasteiger partial charge in [-0.3, -0.25) is 4.90 Å². The molecule has 0 spiro atoms. The van der Waals surface area contributed by atoms with E-state index in [4.69, 9.17) is 9.15 Å². The third-order valence-corrected chi connectivity index (χ3v) is 2.80. The summed E-state index contributed by atoms with van der Waals surface area (Å²) in [4.78, 5) is 2.21. The standard InChI is InChI=1S/C12H19NO3/c1-9-6-13(7-10(2)16-9)8-11(14)12-4-3-5-15-12/h3-5,9-11,14H,6-8H2,1-2H3. The van der Waals surface area contributed by atoms with Crippen molar-refractivity contribution in [2.24, 2.45) is 0 Å².